The van der Waals surface area contributed by atoms with Crippen LogP contribution in [0.25, 0.3) is 11.5 Å². The molecule has 152 valence electrons. The summed E-state index contributed by atoms with van der Waals surface area (Å²) in [5.41, 5.74) is 1.83. The highest BCUT2D eigenvalue weighted by Crippen LogP contribution is 2.26. The molecule has 1 aliphatic rings. The molecular formula is C21H29ClN4O2. The zero-order chi connectivity index (χ0) is 20.1. The summed E-state index contributed by atoms with van der Waals surface area (Å²) in [6.07, 6.45) is 0. The lowest BCUT2D eigenvalue weighted by atomic mass is 9.99. The van der Waals surface area contributed by atoms with Gasteiger partial charge in [0, 0.05) is 43.3 Å². The first-order valence-corrected chi connectivity index (χ1v) is 10.3. The largest absolute Gasteiger partial charge is 0.441 e. The van der Waals surface area contributed by atoms with Crippen LogP contribution in [-0.2, 0) is 11.3 Å². The Hall–Kier alpha value is -1.89. The van der Waals surface area contributed by atoms with E-state index in [4.69, 9.17) is 16.0 Å². The van der Waals surface area contributed by atoms with E-state index < -0.39 is 0 Å². The molecule has 0 atom stereocenters. The van der Waals surface area contributed by atoms with Gasteiger partial charge in [0.15, 0.2) is 0 Å². The Bertz CT molecular complexity index is 780. The topological polar surface area (TPSA) is 61.6 Å². The van der Waals surface area contributed by atoms with E-state index in [-0.39, 0.29) is 11.8 Å². The van der Waals surface area contributed by atoms with Crippen LogP contribution in [0.1, 0.15) is 25.3 Å². The number of aryl methyl sites for hydroxylation is 1. The van der Waals surface area contributed by atoms with E-state index in [9.17, 15) is 4.79 Å². The lowest BCUT2D eigenvalue weighted by Crippen LogP contribution is -2.53. The maximum atomic E-state index is 12.3. The predicted octanol–water partition coefficient (Wildman–Crippen LogP) is 3.19. The van der Waals surface area contributed by atoms with Gasteiger partial charge < -0.3 is 14.6 Å². The fraction of sp³-hybridized carbons (Fsp3) is 0.524. The highest BCUT2D eigenvalue weighted by molar-refractivity contribution is 6.30. The molecular weight excluding hydrogens is 376 g/mol. The van der Waals surface area contributed by atoms with Crippen molar-refractivity contribution in [2.75, 3.05) is 39.3 Å². The predicted molar refractivity (Wildman–Crippen MR) is 111 cm³/mol. The number of hydrogen-bond acceptors (Lipinski definition) is 5. The van der Waals surface area contributed by atoms with Crippen LogP contribution in [0.3, 0.4) is 0 Å². The number of aromatic nitrogens is 1. The van der Waals surface area contributed by atoms with Crippen LogP contribution in [0.4, 0.5) is 0 Å². The number of likely N-dealkylation sites (N-methyl/N-ethyl adjacent to an activating group) is 1. The molecule has 0 unspecified atom stereocenters. The number of nitrogens with one attached hydrogen (secondary N) is 1. The second-order valence-electron chi connectivity index (χ2n) is 7.24. The zero-order valence-electron chi connectivity index (χ0n) is 16.9. The van der Waals surface area contributed by atoms with E-state index in [1.54, 1.807) is 0 Å². The minimum atomic E-state index is 0.0691. The van der Waals surface area contributed by atoms with Crippen LogP contribution >= 0.6 is 11.6 Å². The van der Waals surface area contributed by atoms with Crippen molar-refractivity contribution in [2.24, 2.45) is 5.92 Å². The molecule has 1 fully saturated rings. The Labute approximate surface area is 171 Å². The molecule has 7 heteroatoms. The SMILES string of the molecule is CCN(CC)CCNC(=O)C1CN(Cc2nc(-c3ccc(Cl)cc3)oc2C)C1. The van der Waals surface area contributed by atoms with Crippen LogP contribution < -0.4 is 5.32 Å². The van der Waals surface area contributed by atoms with Gasteiger partial charge in [0.05, 0.1) is 11.6 Å². The Morgan fingerprint density at radius 3 is 2.61 bits per heavy atom. The van der Waals surface area contributed by atoms with Gasteiger partial charge in [-0.3, -0.25) is 9.69 Å². The number of amides is 1. The fourth-order valence-corrected chi connectivity index (χ4v) is 3.51. The van der Waals surface area contributed by atoms with Gasteiger partial charge in [0.25, 0.3) is 0 Å². The number of oxazole rings is 1. The molecule has 0 saturated carbocycles. The van der Waals surface area contributed by atoms with Gasteiger partial charge in [0.2, 0.25) is 11.8 Å². The van der Waals surface area contributed by atoms with E-state index in [1.807, 2.05) is 31.2 Å². The van der Waals surface area contributed by atoms with Crippen molar-refractivity contribution in [3.8, 4) is 11.5 Å². The minimum absolute atomic E-state index is 0.0691. The fourth-order valence-electron chi connectivity index (χ4n) is 3.39. The molecule has 0 bridgehead atoms. The molecule has 1 saturated heterocycles. The number of carbonyl (C=O) groups excluding carboxylic acids is 1. The average Bonchev–Trinajstić information content (AvgIpc) is 3.02. The summed E-state index contributed by atoms with van der Waals surface area (Å²) >= 11 is 5.94. The summed E-state index contributed by atoms with van der Waals surface area (Å²) in [4.78, 5) is 21.4. The van der Waals surface area contributed by atoms with Gasteiger partial charge in [-0.1, -0.05) is 25.4 Å². The molecule has 1 aromatic carbocycles. The van der Waals surface area contributed by atoms with Crippen LogP contribution in [0, 0.1) is 12.8 Å². The summed E-state index contributed by atoms with van der Waals surface area (Å²) in [5, 5.41) is 3.75. The molecule has 3 rings (SSSR count). The second kappa shape index (κ2) is 9.54. The van der Waals surface area contributed by atoms with Gasteiger partial charge in [-0.25, -0.2) is 4.98 Å². The summed E-state index contributed by atoms with van der Waals surface area (Å²) < 4.78 is 5.82. The number of likely N-dealkylation sites (tertiary alicyclic amines) is 1. The van der Waals surface area contributed by atoms with E-state index in [0.29, 0.717) is 24.0 Å². The number of rotatable bonds is 9. The van der Waals surface area contributed by atoms with Crippen molar-refractivity contribution in [1.29, 1.82) is 0 Å². The molecule has 1 amide bonds. The third-order valence-corrected chi connectivity index (χ3v) is 5.56. The molecule has 28 heavy (non-hydrogen) atoms. The van der Waals surface area contributed by atoms with Crippen molar-refractivity contribution >= 4 is 17.5 Å². The third-order valence-electron chi connectivity index (χ3n) is 5.31. The minimum Gasteiger partial charge on any atom is -0.441 e. The van der Waals surface area contributed by atoms with Crippen molar-refractivity contribution in [3.05, 3.63) is 40.7 Å². The second-order valence-corrected chi connectivity index (χ2v) is 7.67. The molecule has 0 spiro atoms. The van der Waals surface area contributed by atoms with Crippen molar-refractivity contribution in [1.82, 2.24) is 20.1 Å². The first-order chi connectivity index (χ1) is 13.5. The van der Waals surface area contributed by atoms with Crippen LogP contribution in [0.15, 0.2) is 28.7 Å². The summed E-state index contributed by atoms with van der Waals surface area (Å²) in [7, 11) is 0. The first kappa shape index (κ1) is 20.8. The number of benzene rings is 1. The Balaban J connectivity index is 1.45. The molecule has 0 radical (unpaired) electrons. The number of nitrogens with zero attached hydrogens (tertiary/aromatic N) is 3. The van der Waals surface area contributed by atoms with Gasteiger partial charge in [0.1, 0.15) is 5.76 Å². The van der Waals surface area contributed by atoms with Gasteiger partial charge in [-0.05, 0) is 44.3 Å². The van der Waals surface area contributed by atoms with Crippen LogP contribution in [-0.4, -0.2) is 60.0 Å². The van der Waals surface area contributed by atoms with Crippen LogP contribution in [0.5, 0.6) is 0 Å². The van der Waals surface area contributed by atoms with Crippen molar-refractivity contribution in [3.63, 3.8) is 0 Å². The van der Waals surface area contributed by atoms with Gasteiger partial charge in [-0.15, -0.1) is 0 Å². The lowest BCUT2D eigenvalue weighted by molar-refractivity contribution is -0.130. The molecule has 2 aromatic rings. The molecule has 0 aliphatic carbocycles. The van der Waals surface area contributed by atoms with E-state index in [0.717, 1.165) is 49.7 Å². The number of hydrogen-bond donors (Lipinski definition) is 1. The smallest absolute Gasteiger partial charge is 0.226 e. The monoisotopic (exact) mass is 404 g/mol. The van der Waals surface area contributed by atoms with Crippen molar-refractivity contribution < 1.29 is 9.21 Å². The number of carbonyl (C=O) groups is 1. The molecule has 6 nitrogen and oxygen atoms in total. The molecule has 2 heterocycles. The van der Waals surface area contributed by atoms with Gasteiger partial charge >= 0.3 is 0 Å². The lowest BCUT2D eigenvalue weighted by Gasteiger charge is -2.37. The highest BCUT2D eigenvalue weighted by Gasteiger charge is 2.33. The maximum Gasteiger partial charge on any atom is 0.226 e. The van der Waals surface area contributed by atoms with E-state index in [1.165, 1.54) is 0 Å². The third kappa shape index (κ3) is 5.13. The van der Waals surface area contributed by atoms with E-state index in [2.05, 4.69) is 33.9 Å². The summed E-state index contributed by atoms with van der Waals surface area (Å²) in [6.45, 7) is 12.1. The number of halogens is 1. The summed E-state index contributed by atoms with van der Waals surface area (Å²) in [6, 6.07) is 7.46. The molecule has 1 aromatic heterocycles. The van der Waals surface area contributed by atoms with Crippen LogP contribution in [0.2, 0.25) is 5.02 Å². The van der Waals surface area contributed by atoms with Gasteiger partial charge in [-0.2, -0.15) is 0 Å². The quantitative estimate of drug-likeness (QED) is 0.695. The van der Waals surface area contributed by atoms with Crippen molar-refractivity contribution in [2.45, 2.75) is 27.3 Å². The van der Waals surface area contributed by atoms with E-state index >= 15 is 0 Å². The highest BCUT2D eigenvalue weighted by atomic mass is 35.5. The standard InChI is InChI=1S/C21H29ClN4O2/c1-4-25(5-2)11-10-23-20(27)17-12-26(13-17)14-19-15(3)28-21(24-19)16-6-8-18(22)9-7-16/h6-9,17H,4-5,10-14H2,1-3H3,(H,23,27). The average molecular weight is 405 g/mol. The Morgan fingerprint density at radius 2 is 1.96 bits per heavy atom. The summed E-state index contributed by atoms with van der Waals surface area (Å²) in [5.74, 6) is 1.65. The normalized spacial score (nSPS) is 15.0. The Kier molecular flexibility index (Phi) is 7.10. The molecule has 1 N–H and O–H groups in total. The maximum absolute atomic E-state index is 12.3. The molecule has 1 aliphatic heterocycles. The zero-order valence-corrected chi connectivity index (χ0v) is 17.6. The Morgan fingerprint density at radius 1 is 1.29 bits per heavy atom. The first-order valence-electron chi connectivity index (χ1n) is 9.94.